The summed E-state index contributed by atoms with van der Waals surface area (Å²) >= 11 is 0. The molecule has 2 rings (SSSR count). The van der Waals surface area contributed by atoms with Crippen molar-refractivity contribution in [3.8, 4) is 0 Å². The molecule has 8 heteroatoms. The lowest BCUT2D eigenvalue weighted by Crippen LogP contribution is -2.34. The van der Waals surface area contributed by atoms with Crippen LogP contribution in [-0.4, -0.2) is 16.5 Å². The lowest BCUT2D eigenvalue weighted by molar-refractivity contribution is -0.552. The molecule has 1 unspecified atom stereocenters. The SMILES string of the molecule is O=NC1([N+](=O)[O-])C=CC(N=NC(=O)c2ccccc2)=CC1. The zero-order valence-electron chi connectivity index (χ0n) is 10.7. The van der Waals surface area contributed by atoms with Crippen molar-refractivity contribution in [3.63, 3.8) is 0 Å². The molecule has 0 fully saturated rings. The van der Waals surface area contributed by atoms with Crippen LogP contribution in [0.15, 0.2) is 69.7 Å². The van der Waals surface area contributed by atoms with E-state index in [0.29, 0.717) is 5.56 Å². The van der Waals surface area contributed by atoms with Gasteiger partial charge in [-0.05, 0) is 24.3 Å². The molecule has 0 N–H and O–H groups in total. The maximum absolute atomic E-state index is 11.7. The number of nitro groups is 1. The van der Waals surface area contributed by atoms with Gasteiger partial charge in [0.2, 0.25) is 0 Å². The van der Waals surface area contributed by atoms with Gasteiger partial charge in [-0.1, -0.05) is 18.2 Å². The number of benzene rings is 1. The van der Waals surface area contributed by atoms with Gasteiger partial charge < -0.3 is 0 Å². The molecule has 0 heterocycles. The fourth-order valence-electron chi connectivity index (χ4n) is 1.66. The molecule has 1 aromatic rings. The number of hydrogen-bond acceptors (Lipinski definition) is 6. The van der Waals surface area contributed by atoms with Gasteiger partial charge in [0, 0.05) is 16.8 Å². The minimum absolute atomic E-state index is 0.228. The summed E-state index contributed by atoms with van der Waals surface area (Å²) in [6.07, 6.45) is 3.40. The van der Waals surface area contributed by atoms with Crippen molar-refractivity contribution in [2.45, 2.75) is 12.1 Å². The minimum atomic E-state index is -2.00. The third-order valence-electron chi connectivity index (χ3n) is 2.88. The van der Waals surface area contributed by atoms with E-state index in [4.69, 9.17) is 0 Å². The summed E-state index contributed by atoms with van der Waals surface area (Å²) < 4.78 is 0. The predicted molar refractivity (Wildman–Crippen MR) is 73.0 cm³/mol. The molecular weight excluding hydrogens is 276 g/mol. The van der Waals surface area contributed by atoms with Crippen LogP contribution in [0.25, 0.3) is 0 Å². The molecule has 0 radical (unpaired) electrons. The first kappa shape index (κ1) is 14.4. The number of nitroso groups, excluding NO2 is 1. The van der Waals surface area contributed by atoms with E-state index in [-0.39, 0.29) is 12.1 Å². The summed E-state index contributed by atoms with van der Waals surface area (Å²) in [4.78, 5) is 32.3. The molecule has 1 aliphatic rings. The van der Waals surface area contributed by atoms with E-state index in [1.54, 1.807) is 30.3 Å². The van der Waals surface area contributed by atoms with Crippen LogP contribution in [0.3, 0.4) is 0 Å². The third kappa shape index (κ3) is 3.11. The van der Waals surface area contributed by atoms with Gasteiger partial charge in [0.25, 0.3) is 5.91 Å². The first-order valence-corrected chi connectivity index (χ1v) is 5.97. The number of rotatable bonds is 4. The number of hydrogen-bond donors (Lipinski definition) is 0. The Labute approximate surface area is 119 Å². The average molecular weight is 286 g/mol. The van der Waals surface area contributed by atoms with Crippen molar-refractivity contribution in [1.29, 1.82) is 0 Å². The molecule has 0 bridgehead atoms. The van der Waals surface area contributed by atoms with Crippen molar-refractivity contribution in [2.75, 3.05) is 0 Å². The molecule has 0 saturated heterocycles. The summed E-state index contributed by atoms with van der Waals surface area (Å²) in [6.45, 7) is 0. The molecule has 0 spiro atoms. The normalized spacial score (nSPS) is 21.0. The number of carbonyl (C=O) groups is 1. The van der Waals surface area contributed by atoms with Crippen molar-refractivity contribution in [2.24, 2.45) is 15.4 Å². The van der Waals surface area contributed by atoms with Gasteiger partial charge in [-0.15, -0.1) is 15.1 Å². The van der Waals surface area contributed by atoms with Crippen LogP contribution in [0.2, 0.25) is 0 Å². The first-order valence-electron chi connectivity index (χ1n) is 5.97. The van der Waals surface area contributed by atoms with Crippen LogP contribution in [0, 0.1) is 15.0 Å². The molecule has 21 heavy (non-hydrogen) atoms. The van der Waals surface area contributed by atoms with Crippen LogP contribution in [-0.2, 0) is 0 Å². The van der Waals surface area contributed by atoms with Crippen LogP contribution < -0.4 is 0 Å². The Balaban J connectivity index is 2.08. The molecule has 106 valence electrons. The summed E-state index contributed by atoms with van der Waals surface area (Å²) in [5.41, 5.74) is -1.35. The topological polar surface area (TPSA) is 114 Å². The molecule has 8 nitrogen and oxygen atoms in total. The molecule has 1 amide bonds. The Morgan fingerprint density at radius 1 is 1.29 bits per heavy atom. The van der Waals surface area contributed by atoms with E-state index in [0.717, 1.165) is 6.08 Å². The lowest BCUT2D eigenvalue weighted by atomic mass is 10.0. The zero-order chi connectivity index (χ0) is 15.3. The van der Waals surface area contributed by atoms with Crippen LogP contribution in [0.1, 0.15) is 16.8 Å². The number of carbonyl (C=O) groups excluding carboxylic acids is 1. The monoisotopic (exact) mass is 286 g/mol. The van der Waals surface area contributed by atoms with Crippen LogP contribution in [0.5, 0.6) is 0 Å². The van der Waals surface area contributed by atoms with Gasteiger partial charge >= 0.3 is 5.66 Å². The maximum atomic E-state index is 11.7. The van der Waals surface area contributed by atoms with Gasteiger partial charge in [-0.3, -0.25) is 14.9 Å². The third-order valence-corrected chi connectivity index (χ3v) is 2.88. The number of allylic oxidation sites excluding steroid dienone is 1. The zero-order valence-corrected chi connectivity index (χ0v) is 10.7. The smallest absolute Gasteiger partial charge is 0.265 e. The van der Waals surface area contributed by atoms with Gasteiger partial charge in [-0.2, -0.15) is 0 Å². The quantitative estimate of drug-likeness (QED) is 0.366. The minimum Gasteiger partial charge on any atom is -0.265 e. The van der Waals surface area contributed by atoms with Crippen LogP contribution >= 0.6 is 0 Å². The highest BCUT2D eigenvalue weighted by Gasteiger charge is 2.42. The highest BCUT2D eigenvalue weighted by Crippen LogP contribution is 2.26. The summed E-state index contributed by atoms with van der Waals surface area (Å²) in [5.74, 6) is -0.524. The molecule has 1 aliphatic carbocycles. The Morgan fingerprint density at radius 3 is 2.52 bits per heavy atom. The van der Waals surface area contributed by atoms with E-state index in [1.165, 1.54) is 12.2 Å². The number of amides is 1. The number of nitrogens with zero attached hydrogens (tertiary/aromatic N) is 4. The molecule has 0 aromatic heterocycles. The van der Waals surface area contributed by atoms with E-state index in [2.05, 4.69) is 15.4 Å². The van der Waals surface area contributed by atoms with Crippen molar-refractivity contribution >= 4 is 5.91 Å². The second kappa shape index (κ2) is 5.95. The van der Waals surface area contributed by atoms with Crippen LogP contribution in [0.4, 0.5) is 0 Å². The Morgan fingerprint density at radius 2 is 2.00 bits per heavy atom. The van der Waals surface area contributed by atoms with Gasteiger partial charge in [-0.25, -0.2) is 0 Å². The van der Waals surface area contributed by atoms with Crippen molar-refractivity contribution in [3.05, 3.63) is 74.8 Å². The highest BCUT2D eigenvalue weighted by molar-refractivity contribution is 5.94. The van der Waals surface area contributed by atoms with E-state index >= 15 is 0 Å². The largest absolute Gasteiger partial charge is 0.371 e. The molecule has 1 aromatic carbocycles. The molecule has 1 atom stereocenters. The molecule has 0 aliphatic heterocycles. The fraction of sp³-hybridized carbons (Fsp3) is 0.154. The highest BCUT2D eigenvalue weighted by atomic mass is 16.6. The molecule has 0 saturated carbocycles. The Kier molecular flexibility index (Phi) is 4.07. The Bertz CT molecular complexity index is 666. The average Bonchev–Trinajstić information content (AvgIpc) is 2.53. The second-order valence-electron chi connectivity index (χ2n) is 4.26. The standard InChI is InChI=1S/C13H10N4O4/c18-12(10-4-2-1-3-5-10)15-14-11-6-8-13(16-19,9-7-11)17(20)21/h1-8H,9H2. The molecular formula is C13H10N4O4. The number of azo groups is 1. The first-order chi connectivity index (χ1) is 10.1. The van der Waals surface area contributed by atoms with E-state index in [1.807, 2.05) is 0 Å². The van der Waals surface area contributed by atoms with Crippen molar-refractivity contribution < 1.29 is 9.72 Å². The Hall–Kier alpha value is -3.03. The van der Waals surface area contributed by atoms with Gasteiger partial charge in [0.1, 0.15) is 0 Å². The van der Waals surface area contributed by atoms with E-state index in [9.17, 15) is 19.8 Å². The van der Waals surface area contributed by atoms with E-state index < -0.39 is 16.5 Å². The fourth-order valence-corrected chi connectivity index (χ4v) is 1.66. The summed E-state index contributed by atoms with van der Waals surface area (Å²) in [5, 5.41) is 20.6. The maximum Gasteiger partial charge on any atom is 0.371 e. The van der Waals surface area contributed by atoms with Crippen molar-refractivity contribution in [1.82, 2.24) is 0 Å². The predicted octanol–water partition coefficient (Wildman–Crippen LogP) is 2.86. The summed E-state index contributed by atoms with van der Waals surface area (Å²) in [6, 6.07) is 8.36. The summed E-state index contributed by atoms with van der Waals surface area (Å²) in [7, 11) is 0. The van der Waals surface area contributed by atoms with Gasteiger partial charge in [0.15, 0.2) is 0 Å². The second-order valence-corrected chi connectivity index (χ2v) is 4.26. The van der Waals surface area contributed by atoms with Gasteiger partial charge in [0.05, 0.1) is 17.0 Å². The lowest BCUT2D eigenvalue weighted by Gasteiger charge is -2.14.